The molecule has 2 heteroatoms. The number of nitrogens with zero attached hydrogens (tertiary/aromatic N) is 1. The van der Waals surface area contributed by atoms with E-state index >= 15 is 0 Å². The third kappa shape index (κ3) is 5.36. The molecular weight excluding hydrogens is 302 g/mol. The van der Waals surface area contributed by atoms with Crippen molar-refractivity contribution in [3.63, 3.8) is 0 Å². The molecule has 0 spiro atoms. The van der Waals surface area contributed by atoms with E-state index in [0.717, 1.165) is 0 Å². The number of hydrogen-bond donors (Lipinski definition) is 0. The first-order chi connectivity index (χ1) is 11.1. The Morgan fingerprint density at radius 2 is 1.30 bits per heavy atom. The second-order valence-electron chi connectivity index (χ2n) is 7.75. The molecule has 0 aliphatic carbocycles. The highest BCUT2D eigenvalue weighted by molar-refractivity contribution is 6.25. The molecule has 1 atom stereocenters. The van der Waals surface area contributed by atoms with Crippen LogP contribution in [0.15, 0.2) is 0 Å². The van der Waals surface area contributed by atoms with Gasteiger partial charge < -0.3 is 0 Å². The Kier molecular flexibility index (Phi) is 10.2. The van der Waals surface area contributed by atoms with Gasteiger partial charge in [-0.05, 0) is 51.6 Å². The second kappa shape index (κ2) is 11.0. The fourth-order valence-corrected chi connectivity index (χ4v) is 5.17. The van der Waals surface area contributed by atoms with Crippen LogP contribution in [0.1, 0.15) is 111 Å². The molecule has 1 aliphatic rings. The monoisotopic (exact) mass is 343 g/mol. The Labute approximate surface area is 151 Å². The molecule has 23 heavy (non-hydrogen) atoms. The summed E-state index contributed by atoms with van der Waals surface area (Å²) in [4.78, 5) is 2.85. The van der Waals surface area contributed by atoms with Gasteiger partial charge in [-0.25, -0.2) is 0 Å². The molecule has 0 aromatic heterocycles. The van der Waals surface area contributed by atoms with Crippen LogP contribution in [-0.2, 0) is 0 Å². The average Bonchev–Trinajstić information content (AvgIpc) is 2.56. The summed E-state index contributed by atoms with van der Waals surface area (Å²) in [5.41, 5.74) is 0.253. The molecule has 1 nitrogen and oxygen atoms in total. The fourth-order valence-electron chi connectivity index (χ4n) is 4.60. The summed E-state index contributed by atoms with van der Waals surface area (Å²) >= 11 is 7.48. The Hall–Kier alpha value is 0.250. The summed E-state index contributed by atoms with van der Waals surface area (Å²) in [6.45, 7) is 11.8. The maximum absolute atomic E-state index is 7.48. The van der Waals surface area contributed by atoms with Crippen molar-refractivity contribution in [1.29, 1.82) is 0 Å². The minimum absolute atomic E-state index is 0.0132. The minimum atomic E-state index is 0.0132. The maximum Gasteiger partial charge on any atom is 0.0630 e. The average molecular weight is 344 g/mol. The highest BCUT2D eigenvalue weighted by Crippen LogP contribution is 2.51. The first kappa shape index (κ1) is 21.3. The van der Waals surface area contributed by atoms with Crippen LogP contribution in [0.2, 0.25) is 0 Å². The molecule has 0 saturated carbocycles. The molecular formula is C21H42ClN. The highest BCUT2D eigenvalue weighted by atomic mass is 35.5. The van der Waals surface area contributed by atoms with Crippen LogP contribution in [0.4, 0.5) is 0 Å². The van der Waals surface area contributed by atoms with Gasteiger partial charge in [0.1, 0.15) is 0 Å². The molecule has 0 aromatic rings. The van der Waals surface area contributed by atoms with Gasteiger partial charge in [0.2, 0.25) is 0 Å². The molecule has 1 aliphatic heterocycles. The van der Waals surface area contributed by atoms with Gasteiger partial charge in [-0.1, -0.05) is 72.6 Å². The SMILES string of the molecule is CCCCN1CCCC(Cl)(CCCC)C1(CCCC)CCCC. The molecule has 0 aromatic carbocycles. The van der Waals surface area contributed by atoms with E-state index in [4.69, 9.17) is 11.6 Å². The van der Waals surface area contributed by atoms with Crippen molar-refractivity contribution in [2.24, 2.45) is 0 Å². The van der Waals surface area contributed by atoms with Gasteiger partial charge in [0, 0.05) is 5.54 Å². The van der Waals surface area contributed by atoms with E-state index in [1.807, 2.05) is 0 Å². The summed E-state index contributed by atoms with van der Waals surface area (Å²) < 4.78 is 0. The summed E-state index contributed by atoms with van der Waals surface area (Å²) in [6.07, 6.45) is 16.7. The lowest BCUT2D eigenvalue weighted by atomic mass is 9.67. The lowest BCUT2D eigenvalue weighted by molar-refractivity contribution is -0.0132. The van der Waals surface area contributed by atoms with E-state index in [9.17, 15) is 0 Å². The molecule has 0 radical (unpaired) electrons. The lowest BCUT2D eigenvalue weighted by Gasteiger charge is -2.58. The van der Waals surface area contributed by atoms with Crippen molar-refractivity contribution in [2.45, 2.75) is 122 Å². The van der Waals surface area contributed by atoms with Crippen molar-refractivity contribution in [3.05, 3.63) is 0 Å². The number of rotatable bonds is 12. The largest absolute Gasteiger partial charge is 0.296 e. The van der Waals surface area contributed by atoms with Crippen LogP contribution in [0.25, 0.3) is 0 Å². The molecule has 1 rings (SSSR count). The molecule has 138 valence electrons. The Morgan fingerprint density at radius 1 is 0.783 bits per heavy atom. The predicted octanol–water partition coefficient (Wildman–Crippen LogP) is 7.17. The number of hydrogen-bond acceptors (Lipinski definition) is 1. The standard InChI is InChI=1S/C21H42ClN/c1-5-9-14-20(22)15-13-19-23(18-12-8-4)21(20,16-10-6-2)17-11-7-3/h5-19H2,1-4H3. The van der Waals surface area contributed by atoms with Crippen molar-refractivity contribution >= 4 is 11.6 Å². The van der Waals surface area contributed by atoms with Crippen LogP contribution in [0.5, 0.6) is 0 Å². The molecule has 0 N–H and O–H groups in total. The quantitative estimate of drug-likeness (QED) is 0.339. The van der Waals surface area contributed by atoms with Crippen molar-refractivity contribution in [2.75, 3.05) is 13.1 Å². The van der Waals surface area contributed by atoms with E-state index in [-0.39, 0.29) is 10.4 Å². The van der Waals surface area contributed by atoms with Crippen LogP contribution in [-0.4, -0.2) is 28.4 Å². The number of halogens is 1. The minimum Gasteiger partial charge on any atom is -0.296 e. The van der Waals surface area contributed by atoms with Gasteiger partial charge in [-0.2, -0.15) is 0 Å². The summed E-state index contributed by atoms with van der Waals surface area (Å²) in [7, 11) is 0. The fraction of sp³-hybridized carbons (Fsp3) is 1.00. The van der Waals surface area contributed by atoms with Crippen molar-refractivity contribution in [3.8, 4) is 0 Å². The molecule has 0 amide bonds. The van der Waals surface area contributed by atoms with E-state index in [1.165, 1.54) is 96.6 Å². The topological polar surface area (TPSA) is 3.24 Å². The Bertz CT molecular complexity index is 296. The van der Waals surface area contributed by atoms with E-state index < -0.39 is 0 Å². The van der Waals surface area contributed by atoms with E-state index in [2.05, 4.69) is 32.6 Å². The Morgan fingerprint density at radius 3 is 1.83 bits per heavy atom. The summed E-state index contributed by atoms with van der Waals surface area (Å²) in [5.74, 6) is 0. The van der Waals surface area contributed by atoms with E-state index in [1.54, 1.807) is 0 Å². The molecule has 1 saturated heterocycles. The number of unbranched alkanes of at least 4 members (excludes halogenated alkanes) is 4. The summed E-state index contributed by atoms with van der Waals surface area (Å²) in [5, 5.41) is 0. The van der Waals surface area contributed by atoms with Gasteiger partial charge in [-0.15, -0.1) is 11.6 Å². The van der Waals surface area contributed by atoms with Gasteiger partial charge >= 0.3 is 0 Å². The maximum atomic E-state index is 7.48. The molecule has 1 heterocycles. The zero-order valence-corrected chi connectivity index (χ0v) is 17.2. The molecule has 1 fully saturated rings. The smallest absolute Gasteiger partial charge is 0.0630 e. The van der Waals surface area contributed by atoms with E-state index in [0.29, 0.717) is 0 Å². The zero-order chi connectivity index (χ0) is 17.2. The van der Waals surface area contributed by atoms with Gasteiger partial charge in [0.05, 0.1) is 4.87 Å². The second-order valence-corrected chi connectivity index (χ2v) is 8.48. The number of piperidine rings is 1. The molecule has 1 unspecified atom stereocenters. The van der Waals surface area contributed by atoms with Crippen molar-refractivity contribution in [1.82, 2.24) is 4.90 Å². The van der Waals surface area contributed by atoms with Gasteiger partial charge in [-0.3, -0.25) is 4.90 Å². The third-order valence-electron chi connectivity index (χ3n) is 6.04. The lowest BCUT2D eigenvalue weighted by Crippen LogP contribution is -2.65. The van der Waals surface area contributed by atoms with Crippen LogP contribution < -0.4 is 0 Å². The number of likely N-dealkylation sites (tertiary alicyclic amines) is 1. The van der Waals surface area contributed by atoms with Gasteiger partial charge in [0.25, 0.3) is 0 Å². The van der Waals surface area contributed by atoms with Crippen LogP contribution >= 0.6 is 11.6 Å². The Balaban J connectivity index is 3.09. The molecule has 0 bridgehead atoms. The van der Waals surface area contributed by atoms with Crippen molar-refractivity contribution < 1.29 is 0 Å². The predicted molar refractivity (Wildman–Crippen MR) is 106 cm³/mol. The first-order valence-corrected chi connectivity index (χ1v) is 10.9. The van der Waals surface area contributed by atoms with Crippen LogP contribution in [0.3, 0.4) is 0 Å². The zero-order valence-electron chi connectivity index (χ0n) is 16.4. The number of alkyl halides is 1. The summed E-state index contributed by atoms with van der Waals surface area (Å²) in [6, 6.07) is 0. The first-order valence-electron chi connectivity index (χ1n) is 10.5. The van der Waals surface area contributed by atoms with Gasteiger partial charge in [0.15, 0.2) is 0 Å². The third-order valence-corrected chi connectivity index (χ3v) is 6.77. The van der Waals surface area contributed by atoms with Crippen LogP contribution in [0, 0.1) is 0 Å². The normalized spacial score (nSPS) is 24.9. The highest BCUT2D eigenvalue weighted by Gasteiger charge is 2.53.